The molecule has 0 unspecified atom stereocenters. The molecule has 2 aromatic heterocycles. The molecule has 0 atom stereocenters. The van der Waals surface area contributed by atoms with Crippen molar-refractivity contribution in [3.63, 3.8) is 0 Å². The molecule has 0 radical (unpaired) electrons. The van der Waals surface area contributed by atoms with E-state index in [0.717, 1.165) is 17.7 Å². The Morgan fingerprint density at radius 3 is 2.34 bits per heavy atom. The third-order valence-electron chi connectivity index (χ3n) is 4.16. The molecular weight excluding hydrogens is 390 g/mol. The second kappa shape index (κ2) is 9.44. The predicted molar refractivity (Wildman–Crippen MR) is 111 cm³/mol. The summed E-state index contributed by atoms with van der Waals surface area (Å²) >= 11 is 0. The number of aromatic nitrogens is 3. The molecule has 0 aliphatic rings. The maximum Gasteiger partial charge on any atom is 0.222 e. The number of rotatable bonds is 9. The van der Waals surface area contributed by atoms with Gasteiger partial charge in [-0.25, -0.2) is 23.1 Å². The molecule has 0 amide bonds. The molecule has 0 saturated heterocycles. The number of aryl methyl sites for hydroxylation is 1. The van der Waals surface area contributed by atoms with Gasteiger partial charge in [-0.1, -0.05) is 19.1 Å². The summed E-state index contributed by atoms with van der Waals surface area (Å²) in [5, 5.41) is 3.13. The number of hydrogen-bond donors (Lipinski definition) is 2. The van der Waals surface area contributed by atoms with E-state index in [4.69, 9.17) is 4.74 Å². The molecular formula is C20H23N5O3S. The zero-order valence-electron chi connectivity index (χ0n) is 16.3. The molecule has 9 heteroatoms. The molecule has 1 aromatic carbocycles. The number of nitrogens with one attached hydrogen (secondary N) is 2. The van der Waals surface area contributed by atoms with Crippen LogP contribution in [0.3, 0.4) is 0 Å². The third kappa shape index (κ3) is 6.23. The standard InChI is InChI=1S/C20H23N5O3S/c1-3-15-11-23-20(24-12-15)25-13-17-10-19(8-9-22-17)28-18-6-4-16(5-7-18)14-29(26,27)21-2/h4-12,21H,3,13-14H2,1-2H3,(H,23,24,25). The fraction of sp³-hybridized carbons (Fsp3) is 0.250. The van der Waals surface area contributed by atoms with Gasteiger partial charge in [-0.3, -0.25) is 4.98 Å². The van der Waals surface area contributed by atoms with Crippen LogP contribution in [0.2, 0.25) is 0 Å². The van der Waals surface area contributed by atoms with Gasteiger partial charge in [0.05, 0.1) is 18.0 Å². The molecule has 2 heterocycles. The molecule has 3 aromatic rings. The lowest BCUT2D eigenvalue weighted by Crippen LogP contribution is -2.20. The van der Waals surface area contributed by atoms with Gasteiger partial charge < -0.3 is 10.1 Å². The van der Waals surface area contributed by atoms with E-state index in [1.807, 2.05) is 6.07 Å². The van der Waals surface area contributed by atoms with Crippen LogP contribution in [0.1, 0.15) is 23.7 Å². The van der Waals surface area contributed by atoms with E-state index in [9.17, 15) is 8.42 Å². The van der Waals surface area contributed by atoms with Crippen LogP contribution in [0.15, 0.2) is 55.0 Å². The summed E-state index contributed by atoms with van der Waals surface area (Å²) in [5.74, 6) is 1.71. The zero-order valence-corrected chi connectivity index (χ0v) is 17.1. The van der Waals surface area contributed by atoms with Crippen LogP contribution in [0.5, 0.6) is 11.5 Å². The first kappa shape index (κ1) is 20.7. The molecule has 0 fully saturated rings. The molecule has 152 valence electrons. The number of sulfonamides is 1. The minimum Gasteiger partial charge on any atom is -0.457 e. The summed E-state index contributed by atoms with van der Waals surface area (Å²) in [7, 11) is -1.90. The number of benzene rings is 1. The summed E-state index contributed by atoms with van der Waals surface area (Å²) in [6, 6.07) is 10.5. The molecule has 0 bridgehead atoms. The molecule has 3 rings (SSSR count). The van der Waals surface area contributed by atoms with Gasteiger partial charge in [-0.05, 0) is 42.8 Å². The van der Waals surface area contributed by atoms with Crippen LogP contribution in [-0.2, 0) is 28.7 Å². The zero-order chi connectivity index (χ0) is 20.7. The summed E-state index contributed by atoms with van der Waals surface area (Å²) in [6.45, 7) is 2.52. The Bertz CT molecular complexity index is 1040. The van der Waals surface area contributed by atoms with Gasteiger partial charge in [0.25, 0.3) is 0 Å². The minimum atomic E-state index is -3.30. The van der Waals surface area contributed by atoms with E-state index in [0.29, 0.717) is 29.6 Å². The van der Waals surface area contributed by atoms with Crippen molar-refractivity contribution in [2.24, 2.45) is 0 Å². The second-order valence-corrected chi connectivity index (χ2v) is 8.24. The van der Waals surface area contributed by atoms with Gasteiger partial charge in [0.15, 0.2) is 0 Å². The number of pyridine rings is 1. The van der Waals surface area contributed by atoms with Gasteiger partial charge in [0.1, 0.15) is 11.5 Å². The van der Waals surface area contributed by atoms with Crippen LogP contribution in [-0.4, -0.2) is 30.4 Å². The quantitative estimate of drug-likeness (QED) is 0.555. The van der Waals surface area contributed by atoms with Crippen LogP contribution < -0.4 is 14.8 Å². The normalized spacial score (nSPS) is 11.2. The Balaban J connectivity index is 1.60. The molecule has 0 aliphatic heterocycles. The highest BCUT2D eigenvalue weighted by molar-refractivity contribution is 7.88. The molecule has 0 aliphatic carbocycles. The van der Waals surface area contributed by atoms with Crippen molar-refractivity contribution in [1.82, 2.24) is 19.7 Å². The van der Waals surface area contributed by atoms with Crippen LogP contribution in [0.4, 0.5) is 5.95 Å². The average molecular weight is 414 g/mol. The van der Waals surface area contributed by atoms with E-state index in [2.05, 4.69) is 31.9 Å². The highest BCUT2D eigenvalue weighted by Crippen LogP contribution is 2.22. The van der Waals surface area contributed by atoms with Crippen molar-refractivity contribution in [2.75, 3.05) is 12.4 Å². The number of nitrogens with zero attached hydrogens (tertiary/aromatic N) is 3. The van der Waals surface area contributed by atoms with Gasteiger partial charge in [-0.15, -0.1) is 0 Å². The lowest BCUT2D eigenvalue weighted by molar-refractivity contribution is 0.481. The van der Waals surface area contributed by atoms with Gasteiger partial charge in [0.2, 0.25) is 16.0 Å². The Hall–Kier alpha value is -3.04. The van der Waals surface area contributed by atoms with Crippen LogP contribution in [0.25, 0.3) is 0 Å². The monoisotopic (exact) mass is 413 g/mol. The maximum absolute atomic E-state index is 11.6. The van der Waals surface area contributed by atoms with E-state index >= 15 is 0 Å². The Morgan fingerprint density at radius 1 is 0.966 bits per heavy atom. The Kier molecular flexibility index (Phi) is 6.73. The Labute approximate surface area is 170 Å². The van der Waals surface area contributed by atoms with Crippen LogP contribution in [0, 0.1) is 0 Å². The maximum atomic E-state index is 11.6. The van der Waals surface area contributed by atoms with Crippen molar-refractivity contribution < 1.29 is 13.2 Å². The molecule has 2 N–H and O–H groups in total. The first-order chi connectivity index (χ1) is 14.0. The Morgan fingerprint density at radius 2 is 1.69 bits per heavy atom. The molecule has 0 saturated carbocycles. The summed E-state index contributed by atoms with van der Waals surface area (Å²) in [6.07, 6.45) is 6.16. The predicted octanol–water partition coefficient (Wildman–Crippen LogP) is 2.89. The van der Waals surface area contributed by atoms with Gasteiger partial charge in [-0.2, -0.15) is 0 Å². The third-order valence-corrected chi connectivity index (χ3v) is 5.49. The van der Waals surface area contributed by atoms with Crippen molar-refractivity contribution in [1.29, 1.82) is 0 Å². The summed E-state index contributed by atoms with van der Waals surface area (Å²) in [5.41, 5.74) is 2.54. The fourth-order valence-electron chi connectivity index (χ4n) is 2.50. The summed E-state index contributed by atoms with van der Waals surface area (Å²) in [4.78, 5) is 12.9. The number of hydrogen-bond acceptors (Lipinski definition) is 7. The van der Waals surface area contributed by atoms with Crippen molar-refractivity contribution >= 4 is 16.0 Å². The fourth-order valence-corrected chi connectivity index (χ4v) is 3.27. The second-order valence-electron chi connectivity index (χ2n) is 6.31. The first-order valence-corrected chi connectivity index (χ1v) is 10.8. The number of anilines is 1. The minimum absolute atomic E-state index is 0.0733. The van der Waals surface area contributed by atoms with E-state index in [-0.39, 0.29) is 5.75 Å². The smallest absolute Gasteiger partial charge is 0.222 e. The molecule has 8 nitrogen and oxygen atoms in total. The van der Waals surface area contributed by atoms with Gasteiger partial charge in [0, 0.05) is 24.7 Å². The topological polar surface area (TPSA) is 106 Å². The van der Waals surface area contributed by atoms with E-state index in [1.165, 1.54) is 7.05 Å². The highest BCUT2D eigenvalue weighted by atomic mass is 32.2. The average Bonchev–Trinajstić information content (AvgIpc) is 2.74. The largest absolute Gasteiger partial charge is 0.457 e. The highest BCUT2D eigenvalue weighted by Gasteiger charge is 2.09. The van der Waals surface area contributed by atoms with E-state index < -0.39 is 10.0 Å². The lowest BCUT2D eigenvalue weighted by Gasteiger charge is -2.09. The number of ether oxygens (including phenoxy) is 1. The lowest BCUT2D eigenvalue weighted by atomic mass is 10.2. The van der Waals surface area contributed by atoms with Crippen molar-refractivity contribution in [2.45, 2.75) is 25.6 Å². The molecule has 29 heavy (non-hydrogen) atoms. The van der Waals surface area contributed by atoms with E-state index in [1.54, 1.807) is 48.9 Å². The SMILES string of the molecule is CCc1cnc(NCc2cc(Oc3ccc(CS(=O)(=O)NC)cc3)ccn2)nc1. The first-order valence-electron chi connectivity index (χ1n) is 9.15. The molecule has 0 spiro atoms. The van der Waals surface area contributed by atoms with Crippen molar-refractivity contribution in [3.05, 3.63) is 71.8 Å². The van der Waals surface area contributed by atoms with Crippen LogP contribution >= 0.6 is 0 Å². The van der Waals surface area contributed by atoms with Gasteiger partial charge >= 0.3 is 0 Å². The summed E-state index contributed by atoms with van der Waals surface area (Å²) < 4.78 is 31.4. The van der Waals surface area contributed by atoms with Crippen molar-refractivity contribution in [3.8, 4) is 11.5 Å².